The molecular formula is C23H28N6O4. The third-order valence-electron chi connectivity index (χ3n) is 5.44. The molecule has 0 atom stereocenters. The lowest BCUT2D eigenvalue weighted by Gasteiger charge is -2.34. The molecule has 174 valence electrons. The number of benzene rings is 2. The van der Waals surface area contributed by atoms with Crippen molar-refractivity contribution in [2.45, 2.75) is 13.5 Å². The second-order valence-corrected chi connectivity index (χ2v) is 7.53. The van der Waals surface area contributed by atoms with E-state index in [-0.39, 0.29) is 12.5 Å². The number of tetrazole rings is 1. The number of carbonyl (C=O) groups excluding carboxylic acids is 1. The summed E-state index contributed by atoms with van der Waals surface area (Å²) in [5, 5.41) is 12.2. The van der Waals surface area contributed by atoms with Gasteiger partial charge < -0.3 is 19.1 Å². The predicted octanol–water partition coefficient (Wildman–Crippen LogP) is 1.79. The molecule has 33 heavy (non-hydrogen) atoms. The number of aromatic nitrogens is 4. The quantitative estimate of drug-likeness (QED) is 0.485. The Hall–Kier alpha value is -3.66. The maximum Gasteiger partial charge on any atom is 0.260 e. The summed E-state index contributed by atoms with van der Waals surface area (Å²) >= 11 is 0. The maximum absolute atomic E-state index is 12.6. The summed E-state index contributed by atoms with van der Waals surface area (Å²) in [5.41, 5.74) is 0.876. The molecule has 3 aromatic rings. The molecule has 0 spiro atoms. The highest BCUT2D eigenvalue weighted by molar-refractivity contribution is 5.78. The molecule has 0 N–H and O–H groups in total. The number of amides is 1. The van der Waals surface area contributed by atoms with Gasteiger partial charge in [0.15, 0.2) is 23.9 Å². The van der Waals surface area contributed by atoms with Crippen molar-refractivity contribution in [3.63, 3.8) is 0 Å². The van der Waals surface area contributed by atoms with E-state index in [2.05, 4.69) is 20.4 Å². The Bertz CT molecular complexity index is 1050. The molecule has 1 aromatic heterocycles. The topological polar surface area (TPSA) is 94.8 Å². The number of nitrogens with zero attached hydrogens (tertiary/aromatic N) is 6. The molecular weight excluding hydrogens is 424 g/mol. The summed E-state index contributed by atoms with van der Waals surface area (Å²) in [7, 11) is 1.58. The third-order valence-corrected chi connectivity index (χ3v) is 5.44. The number of piperazine rings is 1. The monoisotopic (exact) mass is 452 g/mol. The van der Waals surface area contributed by atoms with Crippen molar-refractivity contribution in [3.05, 3.63) is 54.4 Å². The number of methoxy groups -OCH3 is 1. The normalized spacial score (nSPS) is 14.2. The first-order valence-electron chi connectivity index (χ1n) is 10.9. The van der Waals surface area contributed by atoms with Crippen LogP contribution in [0.5, 0.6) is 17.2 Å². The van der Waals surface area contributed by atoms with Gasteiger partial charge in [-0.25, -0.2) is 0 Å². The fraction of sp³-hybridized carbons (Fsp3) is 0.391. The molecule has 1 fully saturated rings. The van der Waals surface area contributed by atoms with E-state index in [4.69, 9.17) is 14.2 Å². The van der Waals surface area contributed by atoms with Crippen LogP contribution < -0.4 is 14.2 Å². The first-order chi connectivity index (χ1) is 16.2. The Morgan fingerprint density at radius 1 is 0.970 bits per heavy atom. The number of carbonyl (C=O) groups is 1. The van der Waals surface area contributed by atoms with Crippen LogP contribution in [0.1, 0.15) is 12.7 Å². The van der Waals surface area contributed by atoms with Crippen LogP contribution in [0.4, 0.5) is 0 Å². The second kappa shape index (κ2) is 10.8. The van der Waals surface area contributed by atoms with Crippen molar-refractivity contribution in [3.8, 4) is 22.9 Å². The molecule has 0 saturated carbocycles. The molecule has 0 unspecified atom stereocenters. The largest absolute Gasteiger partial charge is 0.494 e. The van der Waals surface area contributed by atoms with Crippen LogP contribution in [-0.2, 0) is 11.3 Å². The summed E-state index contributed by atoms with van der Waals surface area (Å²) in [6.45, 7) is 5.87. The molecule has 0 radical (unpaired) electrons. The molecule has 2 heterocycles. The lowest BCUT2D eigenvalue weighted by Crippen LogP contribution is -2.49. The maximum atomic E-state index is 12.6. The van der Waals surface area contributed by atoms with E-state index in [9.17, 15) is 4.79 Å². The minimum Gasteiger partial charge on any atom is -0.494 e. The van der Waals surface area contributed by atoms with Crippen LogP contribution in [0.15, 0.2) is 48.5 Å². The standard InChI is InChI=1S/C23H28N6O4/c1-3-32-19-10-8-18(9-11-19)29-22(24-25-26-29)16-27-12-14-28(15-13-27)23(30)17-33-21-7-5-4-6-20(21)31-2/h4-11H,3,12-17H2,1-2H3. The zero-order chi connectivity index (χ0) is 23.0. The van der Waals surface area contributed by atoms with E-state index < -0.39 is 0 Å². The molecule has 1 saturated heterocycles. The van der Waals surface area contributed by atoms with Gasteiger partial charge in [-0.15, -0.1) is 5.10 Å². The predicted molar refractivity (Wildman–Crippen MR) is 121 cm³/mol. The van der Waals surface area contributed by atoms with Gasteiger partial charge in [-0.05, 0) is 53.7 Å². The van der Waals surface area contributed by atoms with Crippen LogP contribution in [-0.4, -0.2) is 82.4 Å². The van der Waals surface area contributed by atoms with Gasteiger partial charge in [0.25, 0.3) is 5.91 Å². The van der Waals surface area contributed by atoms with E-state index >= 15 is 0 Å². The van der Waals surface area contributed by atoms with E-state index in [1.54, 1.807) is 23.9 Å². The van der Waals surface area contributed by atoms with Crippen LogP contribution >= 0.6 is 0 Å². The minimum atomic E-state index is -0.0419. The summed E-state index contributed by atoms with van der Waals surface area (Å²) in [4.78, 5) is 16.7. The minimum absolute atomic E-state index is 0.0175. The molecule has 0 aliphatic carbocycles. The van der Waals surface area contributed by atoms with Crippen molar-refractivity contribution in [2.24, 2.45) is 0 Å². The van der Waals surface area contributed by atoms with Crippen molar-refractivity contribution in [1.82, 2.24) is 30.0 Å². The zero-order valence-corrected chi connectivity index (χ0v) is 18.9. The van der Waals surface area contributed by atoms with Crippen LogP contribution in [0.2, 0.25) is 0 Å². The summed E-state index contributed by atoms with van der Waals surface area (Å²) < 4.78 is 18.2. The number of hydrogen-bond acceptors (Lipinski definition) is 8. The lowest BCUT2D eigenvalue weighted by molar-refractivity contribution is -0.135. The number of hydrogen-bond donors (Lipinski definition) is 0. The van der Waals surface area contributed by atoms with Gasteiger partial charge in [0.2, 0.25) is 0 Å². The third kappa shape index (κ3) is 5.58. The Morgan fingerprint density at radius 2 is 1.70 bits per heavy atom. The Morgan fingerprint density at radius 3 is 2.39 bits per heavy atom. The van der Waals surface area contributed by atoms with Gasteiger partial charge in [-0.2, -0.15) is 4.68 Å². The Labute approximate surface area is 192 Å². The van der Waals surface area contributed by atoms with Gasteiger partial charge in [-0.1, -0.05) is 12.1 Å². The smallest absolute Gasteiger partial charge is 0.260 e. The molecule has 10 nitrogen and oxygen atoms in total. The van der Waals surface area contributed by atoms with Crippen LogP contribution in [0, 0.1) is 0 Å². The molecule has 1 aliphatic heterocycles. The van der Waals surface area contributed by atoms with E-state index in [0.717, 1.165) is 30.4 Å². The lowest BCUT2D eigenvalue weighted by atomic mass is 10.3. The summed E-state index contributed by atoms with van der Waals surface area (Å²) in [6.07, 6.45) is 0. The SMILES string of the molecule is CCOc1ccc(-n2nnnc2CN2CCN(C(=O)COc3ccccc3OC)CC2)cc1. The highest BCUT2D eigenvalue weighted by Crippen LogP contribution is 2.25. The van der Waals surface area contributed by atoms with Crippen molar-refractivity contribution < 1.29 is 19.0 Å². The molecule has 0 bridgehead atoms. The summed E-state index contributed by atoms with van der Waals surface area (Å²) in [6, 6.07) is 15.0. The molecule has 2 aromatic carbocycles. The highest BCUT2D eigenvalue weighted by atomic mass is 16.5. The second-order valence-electron chi connectivity index (χ2n) is 7.53. The molecule has 1 aliphatic rings. The van der Waals surface area contributed by atoms with Crippen LogP contribution in [0.3, 0.4) is 0 Å². The number of para-hydroxylation sites is 2. The first kappa shape index (κ1) is 22.5. The fourth-order valence-electron chi connectivity index (χ4n) is 3.68. The van der Waals surface area contributed by atoms with Gasteiger partial charge in [-0.3, -0.25) is 9.69 Å². The number of ether oxygens (including phenoxy) is 3. The van der Waals surface area contributed by atoms with E-state index in [0.29, 0.717) is 37.7 Å². The van der Waals surface area contributed by atoms with Crippen LogP contribution in [0.25, 0.3) is 5.69 Å². The fourth-order valence-corrected chi connectivity index (χ4v) is 3.68. The van der Waals surface area contributed by atoms with Gasteiger partial charge in [0, 0.05) is 26.2 Å². The van der Waals surface area contributed by atoms with Crippen molar-refractivity contribution in [1.29, 1.82) is 0 Å². The van der Waals surface area contributed by atoms with Crippen molar-refractivity contribution in [2.75, 3.05) is 46.5 Å². The van der Waals surface area contributed by atoms with Gasteiger partial charge in [0.1, 0.15) is 5.75 Å². The Balaban J connectivity index is 1.28. The molecule has 1 amide bonds. The number of rotatable bonds is 9. The van der Waals surface area contributed by atoms with Gasteiger partial charge in [0.05, 0.1) is 25.9 Å². The van der Waals surface area contributed by atoms with E-state index in [1.165, 1.54) is 0 Å². The molecule has 4 rings (SSSR count). The summed E-state index contributed by atoms with van der Waals surface area (Å²) in [5.74, 6) is 2.69. The first-order valence-corrected chi connectivity index (χ1v) is 10.9. The Kier molecular flexibility index (Phi) is 7.36. The van der Waals surface area contributed by atoms with Crippen molar-refractivity contribution >= 4 is 5.91 Å². The average molecular weight is 453 g/mol. The molecule has 10 heteroatoms. The van der Waals surface area contributed by atoms with Gasteiger partial charge >= 0.3 is 0 Å². The highest BCUT2D eigenvalue weighted by Gasteiger charge is 2.23. The zero-order valence-electron chi connectivity index (χ0n) is 18.9. The average Bonchev–Trinajstić information content (AvgIpc) is 3.32. The van der Waals surface area contributed by atoms with E-state index in [1.807, 2.05) is 48.2 Å².